The van der Waals surface area contributed by atoms with Gasteiger partial charge in [-0.3, -0.25) is 4.79 Å². The van der Waals surface area contributed by atoms with Gasteiger partial charge < -0.3 is 9.88 Å². The van der Waals surface area contributed by atoms with Gasteiger partial charge in [-0.05, 0) is 19.8 Å². The summed E-state index contributed by atoms with van der Waals surface area (Å²) in [6.45, 7) is 13.5. The van der Waals surface area contributed by atoms with Crippen LogP contribution in [0.4, 0.5) is 0 Å². The maximum absolute atomic E-state index is 11.6. The molecule has 0 aromatic carbocycles. The third-order valence-corrected chi connectivity index (χ3v) is 3.72. The van der Waals surface area contributed by atoms with Crippen LogP contribution in [0.3, 0.4) is 0 Å². The molecule has 0 saturated heterocycles. The Morgan fingerprint density at radius 3 is 2.79 bits per heavy atom. The molecule has 0 unspecified atom stereocenters. The van der Waals surface area contributed by atoms with Gasteiger partial charge in [-0.2, -0.15) is 0 Å². The van der Waals surface area contributed by atoms with Crippen molar-refractivity contribution in [2.75, 3.05) is 12.3 Å². The van der Waals surface area contributed by atoms with Crippen molar-refractivity contribution in [3.63, 3.8) is 0 Å². The number of hydrogen-bond donors (Lipinski definition) is 1. The number of hydrogen-bond acceptors (Lipinski definition) is 3. The van der Waals surface area contributed by atoms with Crippen molar-refractivity contribution < 1.29 is 4.79 Å². The number of nitrogens with zero attached hydrogens (tertiary/aromatic N) is 2. The van der Waals surface area contributed by atoms with Crippen molar-refractivity contribution in [1.29, 1.82) is 0 Å². The van der Waals surface area contributed by atoms with Gasteiger partial charge in [0.15, 0.2) is 5.16 Å². The van der Waals surface area contributed by atoms with Gasteiger partial charge in [0.1, 0.15) is 0 Å². The first kappa shape index (κ1) is 15.8. The number of nitrogens with one attached hydrogen (secondary N) is 1. The third kappa shape index (κ3) is 4.74. The van der Waals surface area contributed by atoms with Crippen LogP contribution in [-0.4, -0.2) is 27.8 Å². The van der Waals surface area contributed by atoms with E-state index in [1.807, 2.05) is 6.92 Å². The van der Waals surface area contributed by atoms with Crippen molar-refractivity contribution in [2.24, 2.45) is 5.92 Å². The second kappa shape index (κ2) is 7.38. The van der Waals surface area contributed by atoms with Crippen LogP contribution in [0.1, 0.15) is 25.2 Å². The highest BCUT2D eigenvalue weighted by Crippen LogP contribution is 2.22. The Bertz CT molecular complexity index is 452. The van der Waals surface area contributed by atoms with Crippen molar-refractivity contribution in [2.45, 2.75) is 39.4 Å². The van der Waals surface area contributed by atoms with Gasteiger partial charge in [-0.1, -0.05) is 31.7 Å². The molecule has 0 fully saturated rings. The van der Waals surface area contributed by atoms with E-state index >= 15 is 0 Å². The minimum absolute atomic E-state index is 0.0132. The standard InChI is InChI=1S/C14H23N3OS/c1-6-7-15-13(18)9-19-14-16-11(4)12(5)17(14)8-10(2)3/h6,10H,1,7-9H2,2-5H3,(H,15,18). The summed E-state index contributed by atoms with van der Waals surface area (Å²) < 4.78 is 2.20. The van der Waals surface area contributed by atoms with E-state index in [1.54, 1.807) is 6.08 Å². The van der Waals surface area contributed by atoms with E-state index < -0.39 is 0 Å². The maximum atomic E-state index is 11.6. The smallest absolute Gasteiger partial charge is 0.230 e. The van der Waals surface area contributed by atoms with Gasteiger partial charge in [-0.15, -0.1) is 6.58 Å². The lowest BCUT2D eigenvalue weighted by Crippen LogP contribution is -2.25. The van der Waals surface area contributed by atoms with Gasteiger partial charge in [0.2, 0.25) is 5.91 Å². The monoisotopic (exact) mass is 281 g/mol. The summed E-state index contributed by atoms with van der Waals surface area (Å²) in [4.78, 5) is 16.1. The number of rotatable bonds is 7. The number of aromatic nitrogens is 2. The molecule has 1 rings (SSSR count). The highest BCUT2D eigenvalue weighted by atomic mass is 32.2. The molecular weight excluding hydrogens is 258 g/mol. The Balaban J connectivity index is 2.69. The summed E-state index contributed by atoms with van der Waals surface area (Å²) in [5, 5.41) is 3.70. The summed E-state index contributed by atoms with van der Waals surface area (Å²) in [7, 11) is 0. The van der Waals surface area contributed by atoms with Crippen LogP contribution in [0.2, 0.25) is 0 Å². The topological polar surface area (TPSA) is 46.9 Å². The predicted octanol–water partition coefficient (Wildman–Crippen LogP) is 2.55. The fraction of sp³-hybridized carbons (Fsp3) is 0.571. The van der Waals surface area contributed by atoms with Gasteiger partial charge in [0.25, 0.3) is 0 Å². The molecule has 106 valence electrons. The van der Waals surface area contributed by atoms with Gasteiger partial charge in [0.05, 0.1) is 11.4 Å². The molecule has 4 nitrogen and oxygen atoms in total. The van der Waals surface area contributed by atoms with E-state index in [9.17, 15) is 4.79 Å². The minimum atomic E-state index is 0.0132. The number of carbonyl (C=O) groups excluding carboxylic acids is 1. The maximum Gasteiger partial charge on any atom is 0.230 e. The zero-order valence-electron chi connectivity index (χ0n) is 12.2. The molecule has 1 amide bonds. The first-order chi connectivity index (χ1) is 8.95. The van der Waals surface area contributed by atoms with Crippen LogP contribution in [0, 0.1) is 19.8 Å². The van der Waals surface area contributed by atoms with Crippen LogP contribution >= 0.6 is 11.8 Å². The highest BCUT2D eigenvalue weighted by Gasteiger charge is 2.13. The van der Waals surface area contributed by atoms with E-state index in [-0.39, 0.29) is 5.91 Å². The zero-order valence-corrected chi connectivity index (χ0v) is 13.0. The van der Waals surface area contributed by atoms with Crippen LogP contribution in [0.15, 0.2) is 17.8 Å². The van der Waals surface area contributed by atoms with E-state index in [0.29, 0.717) is 18.2 Å². The number of amides is 1. The average molecular weight is 281 g/mol. The summed E-state index contributed by atoms with van der Waals surface area (Å²) >= 11 is 1.49. The number of imidazole rings is 1. The molecule has 0 radical (unpaired) electrons. The van der Waals surface area contributed by atoms with Gasteiger partial charge in [-0.25, -0.2) is 4.98 Å². The summed E-state index contributed by atoms with van der Waals surface area (Å²) in [6.07, 6.45) is 1.68. The van der Waals surface area contributed by atoms with Crippen molar-refractivity contribution >= 4 is 17.7 Å². The van der Waals surface area contributed by atoms with Crippen LogP contribution in [0.5, 0.6) is 0 Å². The summed E-state index contributed by atoms with van der Waals surface area (Å²) in [5.41, 5.74) is 2.22. The van der Waals surface area contributed by atoms with E-state index in [2.05, 4.69) is 42.2 Å². The van der Waals surface area contributed by atoms with Crippen molar-refractivity contribution in [3.8, 4) is 0 Å². The Morgan fingerprint density at radius 1 is 1.53 bits per heavy atom. The van der Waals surface area contributed by atoms with Crippen LogP contribution in [-0.2, 0) is 11.3 Å². The molecular formula is C14H23N3OS. The predicted molar refractivity (Wildman–Crippen MR) is 80.5 cm³/mol. The molecule has 5 heteroatoms. The van der Waals surface area contributed by atoms with Gasteiger partial charge >= 0.3 is 0 Å². The first-order valence-corrected chi connectivity index (χ1v) is 7.48. The molecule has 0 aliphatic heterocycles. The molecule has 1 N–H and O–H groups in total. The second-order valence-corrected chi connectivity index (χ2v) is 5.89. The Morgan fingerprint density at radius 2 is 2.21 bits per heavy atom. The summed E-state index contributed by atoms with van der Waals surface area (Å²) in [6, 6.07) is 0. The lowest BCUT2D eigenvalue weighted by atomic mass is 10.2. The molecule has 0 saturated carbocycles. The first-order valence-electron chi connectivity index (χ1n) is 6.49. The molecule has 1 aromatic rings. The van der Waals surface area contributed by atoms with Crippen molar-refractivity contribution in [3.05, 3.63) is 24.0 Å². The SMILES string of the molecule is C=CCNC(=O)CSc1nc(C)c(C)n1CC(C)C. The van der Waals surface area contributed by atoms with Crippen LogP contribution < -0.4 is 5.32 Å². The third-order valence-electron chi connectivity index (χ3n) is 2.75. The van der Waals surface area contributed by atoms with E-state index in [1.165, 1.54) is 17.5 Å². The largest absolute Gasteiger partial charge is 0.352 e. The lowest BCUT2D eigenvalue weighted by Gasteiger charge is -2.12. The fourth-order valence-corrected chi connectivity index (χ4v) is 2.61. The minimum Gasteiger partial charge on any atom is -0.352 e. The van der Waals surface area contributed by atoms with Crippen molar-refractivity contribution in [1.82, 2.24) is 14.9 Å². The highest BCUT2D eigenvalue weighted by molar-refractivity contribution is 7.99. The average Bonchev–Trinajstić information content (AvgIpc) is 2.61. The molecule has 1 heterocycles. The summed E-state index contributed by atoms with van der Waals surface area (Å²) in [5.74, 6) is 0.961. The van der Waals surface area contributed by atoms with Gasteiger partial charge in [0, 0.05) is 18.8 Å². The van der Waals surface area contributed by atoms with E-state index in [4.69, 9.17) is 0 Å². The van der Waals surface area contributed by atoms with E-state index in [0.717, 1.165) is 17.4 Å². The van der Waals surface area contributed by atoms with Crippen LogP contribution in [0.25, 0.3) is 0 Å². The molecule has 0 spiro atoms. The lowest BCUT2D eigenvalue weighted by molar-refractivity contribution is -0.118. The zero-order chi connectivity index (χ0) is 14.4. The quantitative estimate of drug-likeness (QED) is 0.617. The number of aryl methyl sites for hydroxylation is 1. The second-order valence-electron chi connectivity index (χ2n) is 4.95. The number of carbonyl (C=O) groups is 1. The Hall–Kier alpha value is -1.23. The normalized spacial score (nSPS) is 10.8. The molecule has 0 aliphatic rings. The number of thioether (sulfide) groups is 1. The molecule has 19 heavy (non-hydrogen) atoms. The molecule has 0 atom stereocenters. The molecule has 0 bridgehead atoms. The Labute approximate surface area is 119 Å². The molecule has 1 aromatic heterocycles. The fourth-order valence-electron chi connectivity index (χ4n) is 1.68. The Kier molecular flexibility index (Phi) is 6.15. The molecule has 0 aliphatic carbocycles.